The fraction of sp³-hybridized carbons (Fsp3) is 0.591. The lowest BCUT2D eigenvalue weighted by Gasteiger charge is -2.45. The minimum absolute atomic E-state index is 0.193. The molecule has 3 fully saturated rings. The number of rotatable bonds is 3. The Balaban J connectivity index is 1.71. The van der Waals surface area contributed by atoms with E-state index in [1.165, 1.54) is 5.57 Å². The molecule has 2 aliphatic heterocycles. The number of hydrogen-bond donors (Lipinski definition) is 0. The van der Waals surface area contributed by atoms with Gasteiger partial charge < -0.3 is 9.47 Å². The van der Waals surface area contributed by atoms with E-state index in [2.05, 4.69) is 27.4 Å². The summed E-state index contributed by atoms with van der Waals surface area (Å²) in [6.07, 6.45) is 3.91. The van der Waals surface area contributed by atoms with Gasteiger partial charge in [0.15, 0.2) is 0 Å². The highest BCUT2D eigenvalue weighted by Gasteiger charge is 2.68. The number of carbonyl (C=O) groups is 1. The van der Waals surface area contributed by atoms with Crippen LogP contribution >= 0.6 is 0 Å². The average Bonchev–Trinajstić information content (AvgIpc) is 3.05. The third kappa shape index (κ3) is 2.39. The predicted molar refractivity (Wildman–Crippen MR) is 97.0 cm³/mol. The van der Waals surface area contributed by atoms with Crippen LogP contribution in [0.4, 0.5) is 0 Å². The predicted octanol–water partition coefficient (Wildman–Crippen LogP) is 4.98. The molecule has 2 saturated heterocycles. The molecule has 0 amide bonds. The third-order valence-electron chi connectivity index (χ3n) is 6.82. The normalized spacial score (nSPS) is 39.5. The first-order chi connectivity index (χ1) is 11.9. The molecule has 5 atom stereocenters. The van der Waals surface area contributed by atoms with E-state index in [1.807, 2.05) is 18.2 Å². The summed E-state index contributed by atoms with van der Waals surface area (Å²) in [5.74, 6) is 0.348. The van der Waals surface area contributed by atoms with Crippen LogP contribution in [0.2, 0.25) is 0 Å². The summed E-state index contributed by atoms with van der Waals surface area (Å²) in [4.78, 5) is 12.8. The van der Waals surface area contributed by atoms with Gasteiger partial charge in [0.2, 0.25) is 5.79 Å². The third-order valence-corrected chi connectivity index (χ3v) is 6.82. The van der Waals surface area contributed by atoms with Gasteiger partial charge in [-0.2, -0.15) is 0 Å². The first kappa shape index (κ1) is 16.8. The molecule has 4 rings (SSSR count). The number of esters is 1. The SMILES string of the molecule is C=C1C[C@]2(OC(=O)c3ccccc3)O[C@@]3(C[C@H]2C(C)C)[C@@H](C)CC[C@@H]13. The fourth-order valence-electron chi connectivity index (χ4n) is 5.52. The van der Waals surface area contributed by atoms with Crippen molar-refractivity contribution in [3.05, 3.63) is 48.0 Å². The van der Waals surface area contributed by atoms with Crippen LogP contribution in [0.15, 0.2) is 42.5 Å². The number of hydrogen-bond acceptors (Lipinski definition) is 3. The van der Waals surface area contributed by atoms with Gasteiger partial charge in [-0.15, -0.1) is 0 Å². The Morgan fingerprint density at radius 3 is 2.68 bits per heavy atom. The number of benzene rings is 1. The Morgan fingerprint density at radius 1 is 1.28 bits per heavy atom. The molecule has 2 bridgehead atoms. The van der Waals surface area contributed by atoms with Crippen molar-refractivity contribution in [1.82, 2.24) is 0 Å². The van der Waals surface area contributed by atoms with Gasteiger partial charge in [-0.3, -0.25) is 0 Å². The van der Waals surface area contributed by atoms with Gasteiger partial charge in [0.05, 0.1) is 11.2 Å². The highest BCUT2D eigenvalue weighted by molar-refractivity contribution is 5.89. The van der Waals surface area contributed by atoms with Crippen LogP contribution in [0.3, 0.4) is 0 Å². The summed E-state index contributed by atoms with van der Waals surface area (Å²) in [7, 11) is 0. The molecule has 1 aliphatic carbocycles. The van der Waals surface area contributed by atoms with E-state index >= 15 is 0 Å². The summed E-state index contributed by atoms with van der Waals surface area (Å²) >= 11 is 0. The summed E-state index contributed by atoms with van der Waals surface area (Å²) < 4.78 is 12.9. The molecule has 25 heavy (non-hydrogen) atoms. The summed E-state index contributed by atoms with van der Waals surface area (Å²) in [5.41, 5.74) is 1.59. The topological polar surface area (TPSA) is 35.5 Å². The standard InChI is InChI=1S/C22H28O3/c1-14(2)19-13-21-16(4)10-11-18(21)15(3)12-22(19,25-21)24-20(23)17-8-6-5-7-9-17/h5-9,14,16,18-19H,3,10-13H2,1-2,4H3/t16-,18-,19-,21-,22-/m0/s1. The fourth-order valence-corrected chi connectivity index (χ4v) is 5.52. The van der Waals surface area contributed by atoms with Gasteiger partial charge in [-0.1, -0.05) is 51.1 Å². The van der Waals surface area contributed by atoms with Crippen molar-refractivity contribution in [1.29, 1.82) is 0 Å². The van der Waals surface area contributed by atoms with E-state index in [-0.39, 0.29) is 17.5 Å². The van der Waals surface area contributed by atoms with Crippen LogP contribution < -0.4 is 0 Å². The molecule has 1 saturated carbocycles. The number of carbonyl (C=O) groups excluding carboxylic acids is 1. The maximum absolute atomic E-state index is 12.8. The molecular weight excluding hydrogens is 312 g/mol. The Labute approximate surface area is 150 Å². The molecule has 1 aromatic rings. The van der Waals surface area contributed by atoms with E-state index in [1.54, 1.807) is 12.1 Å². The molecule has 3 aliphatic rings. The second-order valence-electron chi connectivity index (χ2n) is 8.55. The zero-order valence-corrected chi connectivity index (χ0v) is 15.5. The van der Waals surface area contributed by atoms with Crippen molar-refractivity contribution in [3.8, 4) is 0 Å². The maximum Gasteiger partial charge on any atom is 0.340 e. The average molecular weight is 340 g/mol. The molecule has 1 spiro atoms. The molecule has 3 heteroatoms. The first-order valence-corrected chi connectivity index (χ1v) is 9.54. The highest BCUT2D eigenvalue weighted by Crippen LogP contribution is 2.64. The molecule has 3 nitrogen and oxygen atoms in total. The highest BCUT2D eigenvalue weighted by atomic mass is 16.7. The zero-order chi connectivity index (χ0) is 17.8. The van der Waals surface area contributed by atoms with Crippen LogP contribution in [0.1, 0.15) is 56.8 Å². The molecule has 2 heterocycles. The van der Waals surface area contributed by atoms with Gasteiger partial charge >= 0.3 is 5.97 Å². The van der Waals surface area contributed by atoms with Crippen molar-refractivity contribution < 1.29 is 14.3 Å². The monoisotopic (exact) mass is 340 g/mol. The Hall–Kier alpha value is -1.61. The van der Waals surface area contributed by atoms with Crippen molar-refractivity contribution in [2.24, 2.45) is 23.7 Å². The second-order valence-corrected chi connectivity index (χ2v) is 8.55. The number of fused-ring (bicyclic) bond motifs is 1. The van der Waals surface area contributed by atoms with Crippen LogP contribution in [-0.4, -0.2) is 17.4 Å². The lowest BCUT2D eigenvalue weighted by Crippen LogP contribution is -2.51. The first-order valence-electron chi connectivity index (χ1n) is 9.54. The Kier molecular flexibility index (Phi) is 3.84. The van der Waals surface area contributed by atoms with Crippen molar-refractivity contribution in [2.45, 2.75) is 57.8 Å². The van der Waals surface area contributed by atoms with Gasteiger partial charge in [-0.05, 0) is 43.2 Å². The van der Waals surface area contributed by atoms with Gasteiger partial charge in [0.1, 0.15) is 0 Å². The van der Waals surface area contributed by atoms with E-state index < -0.39 is 5.79 Å². The minimum atomic E-state index is -0.854. The summed E-state index contributed by atoms with van der Waals surface area (Å²) in [5, 5.41) is 0. The Morgan fingerprint density at radius 2 is 2.00 bits per heavy atom. The smallest absolute Gasteiger partial charge is 0.340 e. The van der Waals surface area contributed by atoms with Crippen LogP contribution in [0, 0.1) is 23.7 Å². The summed E-state index contributed by atoms with van der Waals surface area (Å²) in [6.45, 7) is 11.1. The van der Waals surface area contributed by atoms with E-state index in [0.717, 1.165) is 19.3 Å². The quantitative estimate of drug-likeness (QED) is 0.575. The zero-order valence-electron chi connectivity index (χ0n) is 15.5. The van der Waals surface area contributed by atoms with Crippen LogP contribution in [0.5, 0.6) is 0 Å². The lowest BCUT2D eigenvalue weighted by atomic mass is 9.77. The molecule has 0 aromatic heterocycles. The van der Waals surface area contributed by atoms with Crippen molar-refractivity contribution in [3.63, 3.8) is 0 Å². The van der Waals surface area contributed by atoms with E-state index in [9.17, 15) is 4.79 Å². The van der Waals surface area contributed by atoms with E-state index in [0.29, 0.717) is 29.7 Å². The van der Waals surface area contributed by atoms with Gasteiger partial charge in [0, 0.05) is 18.3 Å². The molecule has 1 aromatic carbocycles. The van der Waals surface area contributed by atoms with Crippen molar-refractivity contribution in [2.75, 3.05) is 0 Å². The van der Waals surface area contributed by atoms with E-state index in [4.69, 9.17) is 9.47 Å². The second kappa shape index (κ2) is 5.70. The summed E-state index contributed by atoms with van der Waals surface area (Å²) in [6, 6.07) is 9.22. The molecule has 0 N–H and O–H groups in total. The van der Waals surface area contributed by atoms with Crippen LogP contribution in [0.25, 0.3) is 0 Å². The minimum Gasteiger partial charge on any atom is -0.429 e. The molecule has 134 valence electrons. The molecule has 0 radical (unpaired) electrons. The Bertz CT molecular complexity index is 694. The maximum atomic E-state index is 12.8. The largest absolute Gasteiger partial charge is 0.429 e. The van der Waals surface area contributed by atoms with Crippen LogP contribution in [-0.2, 0) is 9.47 Å². The molecule has 0 unspecified atom stereocenters. The van der Waals surface area contributed by atoms with Gasteiger partial charge in [-0.25, -0.2) is 4.79 Å². The van der Waals surface area contributed by atoms with Gasteiger partial charge in [0.25, 0.3) is 0 Å². The lowest BCUT2D eigenvalue weighted by molar-refractivity contribution is -0.267. The molecular formula is C22H28O3. The number of ether oxygens (including phenoxy) is 2. The van der Waals surface area contributed by atoms with Crippen molar-refractivity contribution >= 4 is 5.97 Å².